The molecular formula is C62H60O6. The molecule has 1 aliphatic rings. The second-order valence-electron chi connectivity index (χ2n) is 18.6. The second-order valence-corrected chi connectivity index (χ2v) is 18.6. The van der Waals surface area contributed by atoms with E-state index in [0.29, 0.717) is 42.4 Å². The van der Waals surface area contributed by atoms with Gasteiger partial charge >= 0.3 is 0 Å². The van der Waals surface area contributed by atoms with Gasteiger partial charge in [0.1, 0.15) is 17.3 Å². The monoisotopic (exact) mass is 900 g/mol. The Balaban J connectivity index is 1.20. The number of benzene rings is 8. The first-order valence-corrected chi connectivity index (χ1v) is 23.7. The molecule has 8 aromatic carbocycles. The van der Waals surface area contributed by atoms with Crippen LogP contribution in [0.25, 0.3) is 0 Å². The Hall–Kier alpha value is -6.48. The molecule has 0 amide bonds. The lowest BCUT2D eigenvalue weighted by molar-refractivity contribution is -0.401. The third-order valence-corrected chi connectivity index (χ3v) is 14.2. The molecule has 0 aromatic heterocycles. The van der Waals surface area contributed by atoms with E-state index in [1.54, 1.807) is 0 Å². The van der Waals surface area contributed by atoms with E-state index in [1.807, 2.05) is 194 Å². The summed E-state index contributed by atoms with van der Waals surface area (Å²) in [7, 11) is 0. The maximum absolute atomic E-state index is 14.3. The van der Waals surface area contributed by atoms with Crippen molar-refractivity contribution in [2.45, 2.75) is 86.7 Å². The molecule has 0 bridgehead atoms. The lowest BCUT2D eigenvalue weighted by atomic mass is 9.58. The Morgan fingerprint density at radius 2 is 0.632 bits per heavy atom. The molecule has 5 N–H and O–H groups in total. The molecule has 68 heavy (non-hydrogen) atoms. The van der Waals surface area contributed by atoms with Gasteiger partial charge in [-0.05, 0) is 92.4 Å². The summed E-state index contributed by atoms with van der Waals surface area (Å²) in [6.45, 7) is 0. The maximum Gasteiger partial charge on any atom is 0.187 e. The van der Waals surface area contributed by atoms with Crippen LogP contribution in [0, 0.1) is 0 Å². The first-order chi connectivity index (χ1) is 33.1. The lowest BCUT2D eigenvalue weighted by Crippen LogP contribution is -2.83. The summed E-state index contributed by atoms with van der Waals surface area (Å²) in [4.78, 5) is 0. The highest BCUT2D eigenvalue weighted by Crippen LogP contribution is 2.51. The number of hydrogen-bond donors (Lipinski definition) is 5. The highest BCUT2D eigenvalue weighted by atomic mass is 16.6. The van der Waals surface area contributed by atoms with Crippen LogP contribution in [0.5, 0.6) is 0 Å². The van der Waals surface area contributed by atoms with Crippen molar-refractivity contribution in [1.82, 2.24) is 0 Å². The van der Waals surface area contributed by atoms with Crippen LogP contribution in [0.2, 0.25) is 0 Å². The number of aliphatic hydroxyl groups is 5. The fraction of sp³-hybridized carbons (Fsp3) is 0.226. The van der Waals surface area contributed by atoms with Gasteiger partial charge in [0.2, 0.25) is 0 Å². The zero-order valence-electron chi connectivity index (χ0n) is 38.3. The first kappa shape index (κ1) is 46.6. The minimum Gasteiger partial charge on any atom is -0.390 e. The number of hydrogen-bond acceptors (Lipinski definition) is 6. The summed E-state index contributed by atoms with van der Waals surface area (Å²) in [5, 5.41) is 67.6. The summed E-state index contributed by atoms with van der Waals surface area (Å²) in [6.07, 6.45) is -3.62. The first-order valence-electron chi connectivity index (χ1n) is 23.7. The molecule has 6 atom stereocenters. The van der Waals surface area contributed by atoms with Crippen LogP contribution < -0.4 is 0 Å². The topological polar surface area (TPSA) is 110 Å². The summed E-state index contributed by atoms with van der Waals surface area (Å²) in [5.74, 6) is 0. The van der Waals surface area contributed by atoms with Crippen molar-refractivity contribution in [3.63, 3.8) is 0 Å². The standard InChI is InChI=1S/C62H60O6/c63-57(41-53-33-14-13-29-49(53)37-45-21-5-1-6-22-45)58-60(65,42-54-34-18-15-30-50(54)38-46-23-7-2-8-24-46)62(67,44-56-36-20-17-32-52(56)40-48-27-11-4-12-28-48)61(66,59(64)68-58)43-55-35-19-16-31-51(55)39-47-25-9-3-10-26-47/h1-36,57-59,63-67H,37-44H2/t57?,58-,59+,60+,61+,62+/m1/s1. The number of aliphatic hydroxyl groups excluding tert-OH is 2. The molecule has 8 aromatic rings. The van der Waals surface area contributed by atoms with E-state index >= 15 is 0 Å². The van der Waals surface area contributed by atoms with Crippen LogP contribution in [0.4, 0.5) is 0 Å². The van der Waals surface area contributed by atoms with Crippen LogP contribution in [0.3, 0.4) is 0 Å². The van der Waals surface area contributed by atoms with Crippen molar-refractivity contribution in [1.29, 1.82) is 0 Å². The van der Waals surface area contributed by atoms with Gasteiger partial charge in [-0.3, -0.25) is 0 Å². The highest BCUT2D eigenvalue weighted by Gasteiger charge is 2.72. The Bertz CT molecular complexity index is 2870. The van der Waals surface area contributed by atoms with Gasteiger partial charge in [0.05, 0.1) is 6.10 Å². The molecule has 0 saturated carbocycles. The van der Waals surface area contributed by atoms with Crippen LogP contribution in [-0.4, -0.2) is 60.8 Å². The third kappa shape index (κ3) is 10.0. The van der Waals surface area contributed by atoms with Crippen molar-refractivity contribution < 1.29 is 30.3 Å². The fourth-order valence-electron chi connectivity index (χ4n) is 10.5. The smallest absolute Gasteiger partial charge is 0.187 e. The zero-order chi connectivity index (χ0) is 47.0. The number of rotatable bonds is 17. The second kappa shape index (κ2) is 20.8. The largest absolute Gasteiger partial charge is 0.390 e. The van der Waals surface area contributed by atoms with Gasteiger partial charge in [0.25, 0.3) is 0 Å². The lowest BCUT2D eigenvalue weighted by Gasteiger charge is -2.61. The molecule has 6 nitrogen and oxygen atoms in total. The Kier molecular flexibility index (Phi) is 14.3. The quantitative estimate of drug-likeness (QED) is 0.0623. The van der Waals surface area contributed by atoms with Gasteiger partial charge in [0.15, 0.2) is 11.9 Å². The average molecular weight is 901 g/mol. The van der Waals surface area contributed by atoms with E-state index in [2.05, 4.69) is 24.3 Å². The number of ether oxygens (including phenoxy) is 1. The third-order valence-electron chi connectivity index (χ3n) is 14.2. The molecule has 1 saturated heterocycles. The fourth-order valence-corrected chi connectivity index (χ4v) is 10.5. The predicted octanol–water partition coefficient (Wildman–Crippen LogP) is 9.59. The molecule has 0 radical (unpaired) electrons. The van der Waals surface area contributed by atoms with Crippen LogP contribution in [0.1, 0.15) is 66.8 Å². The molecule has 1 heterocycles. The van der Waals surface area contributed by atoms with E-state index < -0.39 is 35.3 Å². The van der Waals surface area contributed by atoms with Crippen molar-refractivity contribution in [3.05, 3.63) is 285 Å². The molecule has 1 unspecified atom stereocenters. The Labute approximate surface area is 400 Å². The predicted molar refractivity (Wildman–Crippen MR) is 269 cm³/mol. The normalized spacial score (nSPS) is 21.8. The van der Waals surface area contributed by atoms with E-state index in [4.69, 9.17) is 4.74 Å². The summed E-state index contributed by atoms with van der Waals surface area (Å²) in [5.41, 5.74) is 3.35. The molecule has 344 valence electrons. The van der Waals surface area contributed by atoms with Gasteiger partial charge in [-0.2, -0.15) is 0 Å². The average Bonchev–Trinajstić information content (AvgIpc) is 3.36. The highest BCUT2D eigenvalue weighted by molar-refractivity contribution is 5.43. The molecule has 1 aliphatic heterocycles. The van der Waals surface area contributed by atoms with Crippen LogP contribution in [-0.2, 0) is 56.1 Å². The SMILES string of the molecule is OC(Cc1ccccc1Cc1ccccc1)[C@H]1O[C@H](O)[C@@](O)(Cc2ccccc2Cc2ccccc2)[C@](O)(Cc2ccccc2Cc2ccccc2)[C@]1(O)Cc1ccccc1Cc1ccccc1. The van der Waals surface area contributed by atoms with Crippen molar-refractivity contribution >= 4 is 0 Å². The van der Waals surface area contributed by atoms with Crippen LogP contribution in [0.15, 0.2) is 218 Å². The molecular weight excluding hydrogens is 841 g/mol. The van der Waals surface area contributed by atoms with Gasteiger partial charge in [0, 0.05) is 25.7 Å². The van der Waals surface area contributed by atoms with E-state index in [1.165, 1.54) is 0 Å². The molecule has 1 fully saturated rings. The van der Waals surface area contributed by atoms with E-state index in [0.717, 1.165) is 50.1 Å². The summed E-state index contributed by atoms with van der Waals surface area (Å²) in [6, 6.07) is 71.3. The summed E-state index contributed by atoms with van der Waals surface area (Å²) < 4.78 is 6.58. The van der Waals surface area contributed by atoms with Crippen molar-refractivity contribution in [2.24, 2.45) is 0 Å². The minimum absolute atomic E-state index is 0.0351. The van der Waals surface area contributed by atoms with E-state index in [-0.39, 0.29) is 25.7 Å². The van der Waals surface area contributed by atoms with Crippen LogP contribution >= 0.6 is 0 Å². The Morgan fingerprint density at radius 3 is 1.00 bits per heavy atom. The van der Waals surface area contributed by atoms with Crippen molar-refractivity contribution in [3.8, 4) is 0 Å². The maximum atomic E-state index is 14.3. The van der Waals surface area contributed by atoms with Gasteiger partial charge in [-0.25, -0.2) is 0 Å². The molecule has 9 rings (SSSR count). The Morgan fingerprint density at radius 1 is 0.353 bits per heavy atom. The van der Waals surface area contributed by atoms with E-state index in [9.17, 15) is 25.5 Å². The van der Waals surface area contributed by atoms with Gasteiger partial charge in [-0.15, -0.1) is 0 Å². The molecule has 6 heteroatoms. The molecule has 0 spiro atoms. The molecule has 0 aliphatic carbocycles. The van der Waals surface area contributed by atoms with Gasteiger partial charge < -0.3 is 30.3 Å². The van der Waals surface area contributed by atoms with Crippen molar-refractivity contribution in [2.75, 3.05) is 0 Å². The summed E-state index contributed by atoms with van der Waals surface area (Å²) >= 11 is 0. The minimum atomic E-state index is -2.56. The van der Waals surface area contributed by atoms with Gasteiger partial charge in [-0.1, -0.05) is 218 Å². The zero-order valence-corrected chi connectivity index (χ0v) is 38.3.